The predicted octanol–water partition coefficient (Wildman–Crippen LogP) is 5.78. The smallest absolute Gasteiger partial charge is 0.262 e. The molecule has 41 heavy (non-hydrogen) atoms. The van der Waals surface area contributed by atoms with E-state index in [1.807, 2.05) is 43.0 Å². The predicted molar refractivity (Wildman–Crippen MR) is 158 cm³/mol. The number of aryl methyl sites for hydroxylation is 2. The van der Waals surface area contributed by atoms with Crippen LogP contribution in [0, 0.1) is 19.7 Å². The summed E-state index contributed by atoms with van der Waals surface area (Å²) in [5, 5.41) is 6.00. The van der Waals surface area contributed by atoms with Crippen LogP contribution in [0.4, 0.5) is 27.4 Å². The van der Waals surface area contributed by atoms with Gasteiger partial charge in [-0.3, -0.25) is 4.79 Å². The van der Waals surface area contributed by atoms with Crippen molar-refractivity contribution in [1.29, 1.82) is 0 Å². The Bertz CT molecular complexity index is 1530. The number of nitrogens with zero attached hydrogens (tertiary/aromatic N) is 4. The molecule has 1 aromatic heterocycles. The molecule has 0 aliphatic carbocycles. The Morgan fingerprint density at radius 3 is 2.34 bits per heavy atom. The molecule has 0 atom stereocenters. The number of rotatable bonds is 8. The molecule has 1 fully saturated rings. The average molecular weight is 557 g/mol. The van der Waals surface area contributed by atoms with Crippen molar-refractivity contribution in [2.75, 3.05) is 55.9 Å². The van der Waals surface area contributed by atoms with E-state index in [0.717, 1.165) is 37.3 Å². The lowest BCUT2D eigenvalue weighted by molar-refractivity contribution is 0.102. The number of hydrogen-bond acceptors (Lipinski definition) is 8. The number of likely N-dealkylation sites (N-methyl/N-ethyl adjacent to an activating group) is 1. The summed E-state index contributed by atoms with van der Waals surface area (Å²) in [7, 11) is 3.59. The van der Waals surface area contributed by atoms with Crippen LogP contribution in [0.3, 0.4) is 0 Å². The zero-order chi connectivity index (χ0) is 28.9. The van der Waals surface area contributed by atoms with Crippen molar-refractivity contribution in [3.8, 4) is 17.4 Å². The van der Waals surface area contributed by atoms with Crippen LogP contribution in [0.25, 0.3) is 0 Å². The van der Waals surface area contributed by atoms with Crippen LogP contribution in [0.15, 0.2) is 66.9 Å². The number of amides is 1. The fourth-order valence-electron chi connectivity index (χ4n) is 4.68. The highest BCUT2D eigenvalue weighted by Gasteiger charge is 2.21. The number of carbonyl (C=O) groups is 1. The molecule has 0 unspecified atom stereocenters. The van der Waals surface area contributed by atoms with Gasteiger partial charge in [-0.2, -0.15) is 4.98 Å². The van der Waals surface area contributed by atoms with Crippen LogP contribution in [0.1, 0.15) is 21.5 Å². The third-order valence-corrected chi connectivity index (χ3v) is 7.04. The zero-order valence-corrected chi connectivity index (χ0v) is 23.6. The van der Waals surface area contributed by atoms with Crippen molar-refractivity contribution >= 4 is 28.9 Å². The first-order chi connectivity index (χ1) is 19.8. The molecule has 9 nitrogen and oxygen atoms in total. The molecule has 2 heterocycles. The Balaban J connectivity index is 1.43. The van der Waals surface area contributed by atoms with Crippen molar-refractivity contribution in [2.24, 2.45) is 0 Å². The fourth-order valence-corrected chi connectivity index (χ4v) is 4.68. The lowest BCUT2D eigenvalue weighted by Gasteiger charge is -2.34. The van der Waals surface area contributed by atoms with Gasteiger partial charge in [0.1, 0.15) is 11.4 Å². The summed E-state index contributed by atoms with van der Waals surface area (Å²) in [4.78, 5) is 26.5. The van der Waals surface area contributed by atoms with Crippen molar-refractivity contribution in [3.05, 3.63) is 89.4 Å². The van der Waals surface area contributed by atoms with Gasteiger partial charge in [0.25, 0.3) is 5.91 Å². The van der Waals surface area contributed by atoms with Gasteiger partial charge >= 0.3 is 0 Å². The number of carbonyl (C=O) groups excluding carboxylic acids is 1. The minimum Gasteiger partial charge on any atom is -0.493 e. The fraction of sp³-hybridized carbons (Fsp3) is 0.258. The van der Waals surface area contributed by atoms with E-state index in [1.165, 1.54) is 19.4 Å². The Kier molecular flexibility index (Phi) is 8.30. The summed E-state index contributed by atoms with van der Waals surface area (Å²) in [6.07, 6.45) is 1.39. The summed E-state index contributed by atoms with van der Waals surface area (Å²) in [6, 6.07) is 17.8. The number of benzene rings is 3. The Morgan fingerprint density at radius 2 is 1.66 bits per heavy atom. The highest BCUT2D eigenvalue weighted by Crippen LogP contribution is 2.33. The summed E-state index contributed by atoms with van der Waals surface area (Å²) in [5.41, 5.74) is 3.71. The summed E-state index contributed by atoms with van der Waals surface area (Å²) < 4.78 is 26.6. The lowest BCUT2D eigenvalue weighted by atomic mass is 10.1. The first-order valence-electron chi connectivity index (χ1n) is 13.4. The minimum absolute atomic E-state index is 0.0188. The van der Waals surface area contributed by atoms with Crippen molar-refractivity contribution in [3.63, 3.8) is 0 Å². The largest absolute Gasteiger partial charge is 0.493 e. The number of aromatic nitrogens is 2. The van der Waals surface area contributed by atoms with Gasteiger partial charge in [-0.15, -0.1) is 0 Å². The van der Waals surface area contributed by atoms with Crippen LogP contribution in [0.2, 0.25) is 0 Å². The molecule has 5 rings (SSSR count). The monoisotopic (exact) mass is 556 g/mol. The van der Waals surface area contributed by atoms with E-state index in [9.17, 15) is 4.79 Å². The van der Waals surface area contributed by atoms with Gasteiger partial charge in [-0.1, -0.05) is 30.3 Å². The maximum absolute atomic E-state index is 15.1. The second kappa shape index (κ2) is 12.2. The lowest BCUT2D eigenvalue weighted by Crippen LogP contribution is -2.44. The molecule has 1 saturated heterocycles. The van der Waals surface area contributed by atoms with Gasteiger partial charge in [0.2, 0.25) is 11.8 Å². The van der Waals surface area contributed by atoms with E-state index >= 15 is 4.39 Å². The van der Waals surface area contributed by atoms with Gasteiger partial charge in [-0.05, 0) is 62.4 Å². The molecular formula is C31H33FN6O3. The second-order valence-corrected chi connectivity index (χ2v) is 9.97. The van der Waals surface area contributed by atoms with Crippen molar-refractivity contribution in [2.45, 2.75) is 13.8 Å². The molecule has 0 radical (unpaired) electrons. The molecule has 1 aliphatic rings. The van der Waals surface area contributed by atoms with E-state index in [1.54, 1.807) is 30.3 Å². The van der Waals surface area contributed by atoms with E-state index in [0.29, 0.717) is 28.6 Å². The maximum Gasteiger partial charge on any atom is 0.262 e. The number of halogens is 1. The van der Waals surface area contributed by atoms with Gasteiger partial charge < -0.3 is 29.9 Å². The van der Waals surface area contributed by atoms with E-state index < -0.39 is 5.91 Å². The van der Waals surface area contributed by atoms with Crippen molar-refractivity contribution < 1.29 is 18.7 Å². The molecule has 0 saturated carbocycles. The third kappa shape index (κ3) is 6.38. The highest BCUT2D eigenvalue weighted by atomic mass is 19.1. The summed E-state index contributed by atoms with van der Waals surface area (Å²) in [6.45, 7) is 7.13. The number of para-hydroxylation sites is 3. The molecule has 4 aromatic rings. The normalized spacial score (nSPS) is 13.5. The van der Waals surface area contributed by atoms with Crippen molar-refractivity contribution in [1.82, 2.24) is 14.9 Å². The molecule has 0 bridgehead atoms. The average Bonchev–Trinajstić information content (AvgIpc) is 2.96. The minimum atomic E-state index is -0.429. The number of anilines is 4. The maximum atomic E-state index is 15.1. The summed E-state index contributed by atoms with van der Waals surface area (Å²) in [5.74, 6) is 0.248. The standard InChI is InChI=1S/C31H33FN6O3/c1-20-8-7-9-21(2)28(20)35-29(39)23-19-33-31(36-30(23)41-27-11-6-5-10-26(27)40-4)34-22-12-13-25(24(32)18-22)38-16-14-37(3)15-17-38/h5-13,18-19H,14-17H2,1-4H3,(H,35,39)(H,33,34,36). The topological polar surface area (TPSA) is 91.9 Å². The molecule has 1 aliphatic heterocycles. The Hall–Kier alpha value is -4.70. The third-order valence-electron chi connectivity index (χ3n) is 7.04. The molecule has 2 N–H and O–H groups in total. The first kappa shape index (κ1) is 27.9. The number of hydrogen-bond donors (Lipinski definition) is 2. The zero-order valence-electron chi connectivity index (χ0n) is 23.6. The molecule has 0 spiro atoms. The molecule has 1 amide bonds. The van der Waals surface area contributed by atoms with Crippen LogP contribution in [-0.2, 0) is 0 Å². The van der Waals surface area contributed by atoms with Crippen LogP contribution in [0.5, 0.6) is 17.4 Å². The number of methoxy groups -OCH3 is 1. The van der Waals surface area contributed by atoms with Crippen LogP contribution >= 0.6 is 0 Å². The van der Waals surface area contributed by atoms with Gasteiger partial charge in [-0.25, -0.2) is 9.37 Å². The molecular weight excluding hydrogens is 523 g/mol. The van der Waals surface area contributed by atoms with E-state index in [-0.39, 0.29) is 23.2 Å². The number of piperazine rings is 1. The summed E-state index contributed by atoms with van der Waals surface area (Å²) >= 11 is 0. The number of ether oxygens (including phenoxy) is 2. The van der Waals surface area contributed by atoms with Crippen LogP contribution < -0.4 is 25.0 Å². The van der Waals surface area contributed by atoms with E-state index in [4.69, 9.17) is 9.47 Å². The Labute approximate surface area is 238 Å². The van der Waals surface area contributed by atoms with Gasteiger partial charge in [0.15, 0.2) is 11.5 Å². The highest BCUT2D eigenvalue weighted by molar-refractivity contribution is 6.06. The molecule has 10 heteroatoms. The van der Waals surface area contributed by atoms with Gasteiger partial charge in [0.05, 0.1) is 12.8 Å². The second-order valence-electron chi connectivity index (χ2n) is 9.97. The van der Waals surface area contributed by atoms with E-state index in [2.05, 4.69) is 32.5 Å². The number of nitrogens with one attached hydrogen (secondary N) is 2. The van der Waals surface area contributed by atoms with Gasteiger partial charge in [0, 0.05) is 43.8 Å². The van der Waals surface area contributed by atoms with Crippen LogP contribution in [-0.4, -0.2) is 61.1 Å². The molecule has 212 valence electrons. The quantitative estimate of drug-likeness (QED) is 0.282. The first-order valence-corrected chi connectivity index (χ1v) is 13.4. The Morgan fingerprint density at radius 1 is 0.951 bits per heavy atom. The SMILES string of the molecule is COc1ccccc1Oc1nc(Nc2ccc(N3CCN(C)CC3)c(F)c2)ncc1C(=O)Nc1c(C)cccc1C. The molecule has 3 aromatic carbocycles.